The molecule has 2 N–H and O–H groups in total. The summed E-state index contributed by atoms with van der Waals surface area (Å²) in [6, 6.07) is 15.1. The number of rotatable bonds is 8. The van der Waals surface area contributed by atoms with E-state index in [1.54, 1.807) is 54.6 Å². The van der Waals surface area contributed by atoms with Crippen molar-refractivity contribution in [2.75, 3.05) is 17.6 Å². The van der Waals surface area contributed by atoms with Gasteiger partial charge in [-0.05, 0) is 35.7 Å². The summed E-state index contributed by atoms with van der Waals surface area (Å²) in [5.74, 6) is -1.28. The lowest BCUT2D eigenvalue weighted by Crippen LogP contribution is -2.27. The first-order chi connectivity index (χ1) is 12.7. The highest BCUT2D eigenvalue weighted by Crippen LogP contribution is 2.11. The van der Waals surface area contributed by atoms with E-state index in [0.717, 1.165) is 0 Å². The number of hydrogen-bond donors (Lipinski definition) is 2. The third-order valence-electron chi connectivity index (χ3n) is 3.68. The lowest BCUT2D eigenvalue weighted by Gasteiger charge is -2.09. The van der Waals surface area contributed by atoms with E-state index in [9.17, 15) is 18.0 Å². The molecule has 27 heavy (non-hydrogen) atoms. The van der Waals surface area contributed by atoms with Crippen molar-refractivity contribution < 1.29 is 18.0 Å². The summed E-state index contributed by atoms with van der Waals surface area (Å²) in [5.41, 5.74) is 1.55. The second kappa shape index (κ2) is 9.32. The lowest BCUT2D eigenvalue weighted by molar-refractivity contribution is -0.113. The van der Waals surface area contributed by atoms with Crippen LogP contribution in [-0.2, 0) is 20.4 Å². The minimum absolute atomic E-state index is 0.194. The van der Waals surface area contributed by atoms with Gasteiger partial charge in [0, 0.05) is 17.8 Å². The van der Waals surface area contributed by atoms with E-state index in [0.29, 0.717) is 29.3 Å². The normalized spacial score (nSPS) is 11.2. The van der Waals surface area contributed by atoms with Gasteiger partial charge < -0.3 is 10.6 Å². The Morgan fingerprint density at radius 2 is 1.59 bits per heavy atom. The third kappa shape index (κ3) is 7.22. The first-order valence-electron chi connectivity index (χ1n) is 8.67. The van der Waals surface area contributed by atoms with Gasteiger partial charge >= 0.3 is 0 Å². The Labute approximate surface area is 159 Å². The molecule has 0 unspecified atom stereocenters. The second-order valence-electron chi connectivity index (χ2n) is 6.75. The van der Waals surface area contributed by atoms with Crippen molar-refractivity contribution >= 4 is 27.3 Å². The van der Waals surface area contributed by atoms with Crippen LogP contribution in [0.2, 0.25) is 0 Å². The van der Waals surface area contributed by atoms with E-state index >= 15 is 0 Å². The van der Waals surface area contributed by atoms with Gasteiger partial charge in [-0.1, -0.05) is 44.2 Å². The highest BCUT2D eigenvalue weighted by atomic mass is 32.2. The summed E-state index contributed by atoms with van der Waals surface area (Å²) in [7, 11) is -3.62. The number of carbonyl (C=O) groups is 2. The maximum absolute atomic E-state index is 12.3. The van der Waals surface area contributed by atoms with Crippen molar-refractivity contribution in [1.29, 1.82) is 0 Å². The molecule has 0 saturated heterocycles. The summed E-state index contributed by atoms with van der Waals surface area (Å²) in [5, 5.41) is 5.37. The molecule has 0 spiro atoms. The molecular formula is C20H24N2O4S. The molecule has 6 nitrogen and oxygen atoms in total. The minimum atomic E-state index is -3.62. The molecule has 0 aliphatic heterocycles. The summed E-state index contributed by atoms with van der Waals surface area (Å²) in [4.78, 5) is 23.9. The molecule has 0 atom stereocenters. The number of sulfone groups is 1. The van der Waals surface area contributed by atoms with E-state index in [1.807, 2.05) is 13.8 Å². The Morgan fingerprint density at radius 3 is 2.19 bits per heavy atom. The molecule has 0 fully saturated rings. The molecule has 0 aliphatic carbocycles. The van der Waals surface area contributed by atoms with Crippen molar-refractivity contribution in [3.63, 3.8) is 0 Å². The molecule has 2 amide bonds. The number of nitrogens with one attached hydrogen (secondary N) is 2. The molecule has 0 saturated carbocycles. The number of anilines is 1. The molecule has 0 bridgehead atoms. The zero-order chi connectivity index (χ0) is 19.9. The van der Waals surface area contributed by atoms with Crippen LogP contribution in [0.15, 0.2) is 54.6 Å². The zero-order valence-corrected chi connectivity index (χ0v) is 16.3. The molecule has 2 rings (SSSR count). The van der Waals surface area contributed by atoms with Gasteiger partial charge in [-0.25, -0.2) is 8.42 Å². The van der Waals surface area contributed by atoms with Crippen LogP contribution in [-0.4, -0.2) is 32.5 Å². The summed E-state index contributed by atoms with van der Waals surface area (Å²) >= 11 is 0. The second-order valence-corrected chi connectivity index (χ2v) is 8.81. The smallest absolute Gasteiger partial charge is 0.251 e. The number of benzene rings is 2. The average Bonchev–Trinajstić information content (AvgIpc) is 2.60. The van der Waals surface area contributed by atoms with Crippen molar-refractivity contribution in [3.05, 3.63) is 65.7 Å². The summed E-state index contributed by atoms with van der Waals surface area (Å²) < 4.78 is 24.5. The molecule has 0 radical (unpaired) electrons. The largest absolute Gasteiger partial charge is 0.352 e. The van der Waals surface area contributed by atoms with Gasteiger partial charge in [-0.3, -0.25) is 9.59 Å². The van der Waals surface area contributed by atoms with Crippen LogP contribution >= 0.6 is 0 Å². The average molecular weight is 388 g/mol. The predicted octanol–water partition coefficient (Wildman–Crippen LogP) is 2.63. The monoisotopic (exact) mass is 388 g/mol. The van der Waals surface area contributed by atoms with Gasteiger partial charge in [0.05, 0.1) is 5.75 Å². The highest BCUT2D eigenvalue weighted by molar-refractivity contribution is 7.91. The summed E-state index contributed by atoms with van der Waals surface area (Å²) in [6.07, 6.45) is 0. The highest BCUT2D eigenvalue weighted by Gasteiger charge is 2.18. The zero-order valence-electron chi connectivity index (χ0n) is 15.4. The first-order valence-corrected chi connectivity index (χ1v) is 10.5. The maximum Gasteiger partial charge on any atom is 0.251 e. The SMILES string of the molecule is CC(C)CNC(=O)c1ccc(CS(=O)(=O)CC(=O)Nc2ccccc2)cc1. The summed E-state index contributed by atoms with van der Waals surface area (Å²) in [6.45, 7) is 4.58. The standard InChI is InChI=1S/C20H24N2O4S/c1-15(2)12-21-20(24)17-10-8-16(9-11-17)13-27(25,26)14-19(23)22-18-6-4-3-5-7-18/h3-11,15H,12-14H2,1-2H3,(H,21,24)(H,22,23). The number of carbonyl (C=O) groups excluding carboxylic acids is 2. The van der Waals surface area contributed by atoms with Gasteiger partial charge in [0.2, 0.25) is 5.91 Å². The number of hydrogen-bond acceptors (Lipinski definition) is 4. The Morgan fingerprint density at radius 1 is 0.963 bits per heavy atom. The van der Waals surface area contributed by atoms with Crippen molar-refractivity contribution in [1.82, 2.24) is 5.32 Å². The van der Waals surface area contributed by atoms with Crippen molar-refractivity contribution in [2.24, 2.45) is 5.92 Å². The molecular weight excluding hydrogens is 364 g/mol. The predicted molar refractivity (Wildman–Crippen MR) is 106 cm³/mol. The Balaban J connectivity index is 1.93. The first kappa shape index (κ1) is 20.6. The minimum Gasteiger partial charge on any atom is -0.352 e. The maximum atomic E-state index is 12.3. The van der Waals surface area contributed by atoms with Gasteiger partial charge in [-0.15, -0.1) is 0 Å². The molecule has 144 valence electrons. The van der Waals surface area contributed by atoms with Gasteiger partial charge in [0.25, 0.3) is 5.91 Å². The molecule has 0 aliphatic rings. The number of amides is 2. The van der Waals surface area contributed by atoms with Crippen LogP contribution in [0.25, 0.3) is 0 Å². The van der Waals surface area contributed by atoms with Crippen LogP contribution in [0, 0.1) is 5.92 Å². The van der Waals surface area contributed by atoms with E-state index in [2.05, 4.69) is 10.6 Å². The topological polar surface area (TPSA) is 92.3 Å². The van der Waals surface area contributed by atoms with Crippen molar-refractivity contribution in [2.45, 2.75) is 19.6 Å². The quantitative estimate of drug-likeness (QED) is 0.727. The molecule has 7 heteroatoms. The Hall–Kier alpha value is -2.67. The molecule has 0 heterocycles. The van der Waals surface area contributed by atoms with E-state index in [4.69, 9.17) is 0 Å². The van der Waals surface area contributed by atoms with E-state index in [-0.39, 0.29) is 11.7 Å². The Kier molecular flexibility index (Phi) is 7.12. The van der Waals surface area contributed by atoms with Gasteiger partial charge in [0.1, 0.15) is 5.75 Å². The van der Waals surface area contributed by atoms with Crippen LogP contribution in [0.5, 0.6) is 0 Å². The fourth-order valence-electron chi connectivity index (χ4n) is 2.37. The fourth-order valence-corrected chi connectivity index (χ4v) is 3.65. The van der Waals surface area contributed by atoms with Gasteiger partial charge in [0.15, 0.2) is 9.84 Å². The van der Waals surface area contributed by atoms with Crippen LogP contribution in [0.3, 0.4) is 0 Å². The Bertz CT molecular complexity index is 876. The lowest BCUT2D eigenvalue weighted by atomic mass is 10.1. The molecule has 2 aromatic carbocycles. The van der Waals surface area contributed by atoms with Crippen LogP contribution < -0.4 is 10.6 Å². The number of para-hydroxylation sites is 1. The van der Waals surface area contributed by atoms with E-state index in [1.165, 1.54) is 0 Å². The van der Waals surface area contributed by atoms with E-state index < -0.39 is 21.5 Å². The van der Waals surface area contributed by atoms with Crippen molar-refractivity contribution in [3.8, 4) is 0 Å². The van der Waals surface area contributed by atoms with Gasteiger partial charge in [-0.2, -0.15) is 0 Å². The van der Waals surface area contributed by atoms with Crippen LogP contribution in [0.1, 0.15) is 29.8 Å². The molecule has 2 aromatic rings. The fraction of sp³-hybridized carbons (Fsp3) is 0.300. The third-order valence-corrected chi connectivity index (χ3v) is 5.16. The van der Waals surface area contributed by atoms with Crippen LogP contribution in [0.4, 0.5) is 5.69 Å². The molecule has 0 aromatic heterocycles.